The first kappa shape index (κ1) is 14.3. The van der Waals surface area contributed by atoms with Gasteiger partial charge >= 0.3 is 6.03 Å². The smallest absolute Gasteiger partial charge is 0.326 e. The summed E-state index contributed by atoms with van der Waals surface area (Å²) in [5.41, 5.74) is 3.44. The maximum absolute atomic E-state index is 11.8. The van der Waals surface area contributed by atoms with E-state index in [-0.39, 0.29) is 5.70 Å². The van der Waals surface area contributed by atoms with Crippen molar-refractivity contribution in [3.63, 3.8) is 0 Å². The van der Waals surface area contributed by atoms with Crippen molar-refractivity contribution in [1.82, 2.24) is 15.2 Å². The van der Waals surface area contributed by atoms with Crippen molar-refractivity contribution >= 4 is 28.9 Å². The number of carbonyl (C=O) groups is 2. The Balaban J connectivity index is 1.78. The van der Waals surface area contributed by atoms with Crippen LogP contribution in [0, 0.1) is 0 Å². The number of aromatic nitrogens is 1. The molecular formula is C19H15N3O2. The Morgan fingerprint density at radius 1 is 0.917 bits per heavy atom. The molecule has 3 amide bonds. The summed E-state index contributed by atoms with van der Waals surface area (Å²) in [5.74, 6) is -0.403. The standard InChI is InChI=1S/C19H15N3O2/c23-18-16(20-19(24)21-18)10-14-12-22(11-13-6-2-1-3-7-13)17-9-5-4-8-15(14)17/h1-10,12H,11H2,(H2,20,21,23,24)/b16-10-. The molecule has 1 aliphatic heterocycles. The highest BCUT2D eigenvalue weighted by Gasteiger charge is 2.23. The predicted octanol–water partition coefficient (Wildman–Crippen LogP) is 2.87. The molecule has 5 nitrogen and oxygen atoms in total. The number of nitrogens with zero attached hydrogens (tertiary/aromatic N) is 1. The van der Waals surface area contributed by atoms with E-state index < -0.39 is 11.9 Å². The summed E-state index contributed by atoms with van der Waals surface area (Å²) in [5, 5.41) is 5.78. The van der Waals surface area contributed by atoms with Crippen molar-refractivity contribution in [1.29, 1.82) is 0 Å². The van der Waals surface area contributed by atoms with Gasteiger partial charge in [0.15, 0.2) is 0 Å². The van der Waals surface area contributed by atoms with E-state index >= 15 is 0 Å². The molecule has 24 heavy (non-hydrogen) atoms. The fourth-order valence-corrected chi connectivity index (χ4v) is 2.94. The van der Waals surface area contributed by atoms with E-state index in [1.54, 1.807) is 6.08 Å². The number of urea groups is 1. The van der Waals surface area contributed by atoms with E-state index in [2.05, 4.69) is 27.3 Å². The number of hydrogen-bond donors (Lipinski definition) is 2. The van der Waals surface area contributed by atoms with Crippen LogP contribution in [0.2, 0.25) is 0 Å². The lowest BCUT2D eigenvalue weighted by Gasteiger charge is -2.05. The van der Waals surface area contributed by atoms with Crippen molar-refractivity contribution in [2.24, 2.45) is 0 Å². The molecule has 1 aromatic heterocycles. The van der Waals surface area contributed by atoms with Gasteiger partial charge in [-0.1, -0.05) is 48.5 Å². The lowest BCUT2D eigenvalue weighted by Crippen LogP contribution is -2.22. The van der Waals surface area contributed by atoms with Crippen LogP contribution in [-0.4, -0.2) is 16.5 Å². The van der Waals surface area contributed by atoms with E-state index in [1.165, 1.54) is 5.56 Å². The summed E-state index contributed by atoms with van der Waals surface area (Å²) in [6.07, 6.45) is 3.71. The van der Waals surface area contributed by atoms with Crippen LogP contribution in [-0.2, 0) is 11.3 Å². The highest BCUT2D eigenvalue weighted by atomic mass is 16.2. The van der Waals surface area contributed by atoms with Gasteiger partial charge in [0.2, 0.25) is 0 Å². The molecule has 118 valence electrons. The van der Waals surface area contributed by atoms with Crippen LogP contribution >= 0.6 is 0 Å². The second kappa shape index (κ2) is 5.70. The number of fused-ring (bicyclic) bond motifs is 1. The Labute approximate surface area is 138 Å². The number of hydrogen-bond acceptors (Lipinski definition) is 2. The fraction of sp³-hybridized carbons (Fsp3) is 0.0526. The number of amides is 3. The minimum absolute atomic E-state index is 0.266. The number of para-hydroxylation sites is 1. The Morgan fingerprint density at radius 3 is 2.42 bits per heavy atom. The average Bonchev–Trinajstić information content (AvgIpc) is 3.09. The van der Waals surface area contributed by atoms with Crippen LogP contribution in [0.3, 0.4) is 0 Å². The molecular weight excluding hydrogens is 302 g/mol. The molecule has 0 saturated carbocycles. The van der Waals surface area contributed by atoms with Crippen molar-refractivity contribution in [2.75, 3.05) is 0 Å². The maximum Gasteiger partial charge on any atom is 0.326 e. The van der Waals surface area contributed by atoms with Crippen molar-refractivity contribution < 1.29 is 9.59 Å². The topological polar surface area (TPSA) is 63.1 Å². The summed E-state index contributed by atoms with van der Waals surface area (Å²) in [6.45, 7) is 0.739. The Hall–Kier alpha value is -3.34. The summed E-state index contributed by atoms with van der Waals surface area (Å²) in [7, 11) is 0. The van der Waals surface area contributed by atoms with E-state index in [0.717, 1.165) is 23.0 Å². The highest BCUT2D eigenvalue weighted by Crippen LogP contribution is 2.24. The number of imide groups is 1. The first-order valence-corrected chi connectivity index (χ1v) is 7.66. The van der Waals surface area contributed by atoms with Crippen LogP contribution < -0.4 is 10.6 Å². The number of nitrogens with one attached hydrogen (secondary N) is 2. The molecule has 3 aromatic rings. The van der Waals surface area contributed by atoms with Gasteiger partial charge in [0.1, 0.15) is 5.70 Å². The first-order chi connectivity index (χ1) is 11.7. The normalized spacial score (nSPS) is 15.8. The molecule has 1 aliphatic rings. The van der Waals surface area contributed by atoms with Crippen LogP contribution in [0.1, 0.15) is 11.1 Å². The van der Waals surface area contributed by atoms with Crippen molar-refractivity contribution in [3.8, 4) is 0 Å². The van der Waals surface area contributed by atoms with E-state index in [9.17, 15) is 9.59 Å². The third-order valence-corrected chi connectivity index (χ3v) is 4.03. The molecule has 0 bridgehead atoms. The van der Waals surface area contributed by atoms with Crippen LogP contribution in [0.15, 0.2) is 66.5 Å². The first-order valence-electron chi connectivity index (χ1n) is 7.66. The molecule has 2 aromatic carbocycles. The maximum atomic E-state index is 11.8. The SMILES string of the molecule is O=C1NC(=O)/C(=C/c2cn(Cc3ccccc3)c3ccccc23)N1. The number of rotatable bonds is 3. The third kappa shape index (κ3) is 2.56. The van der Waals surface area contributed by atoms with Crippen molar-refractivity contribution in [2.45, 2.75) is 6.54 Å². The second-order valence-electron chi connectivity index (χ2n) is 5.68. The molecule has 1 saturated heterocycles. The Bertz CT molecular complexity index is 971. The van der Waals surface area contributed by atoms with E-state index in [0.29, 0.717) is 0 Å². The summed E-state index contributed by atoms with van der Waals surface area (Å²) < 4.78 is 2.14. The molecule has 0 unspecified atom stereocenters. The average molecular weight is 317 g/mol. The largest absolute Gasteiger partial charge is 0.342 e. The Kier molecular flexibility index (Phi) is 3.39. The van der Waals surface area contributed by atoms with Crippen molar-refractivity contribution in [3.05, 3.63) is 77.6 Å². The predicted molar refractivity (Wildman–Crippen MR) is 92.1 cm³/mol. The van der Waals surface area contributed by atoms with Gasteiger partial charge in [0.25, 0.3) is 5.91 Å². The minimum Gasteiger partial charge on any atom is -0.342 e. The molecule has 0 atom stereocenters. The monoisotopic (exact) mass is 317 g/mol. The van der Waals surface area contributed by atoms with Crippen LogP contribution in [0.25, 0.3) is 17.0 Å². The second-order valence-corrected chi connectivity index (χ2v) is 5.68. The molecule has 1 fully saturated rings. The molecule has 5 heteroatoms. The van der Waals surface area contributed by atoms with Crippen LogP contribution in [0.5, 0.6) is 0 Å². The number of benzene rings is 2. The van der Waals surface area contributed by atoms with Gasteiger partial charge in [-0.3, -0.25) is 10.1 Å². The van der Waals surface area contributed by atoms with Crippen LogP contribution in [0.4, 0.5) is 4.79 Å². The van der Waals surface area contributed by atoms with E-state index in [4.69, 9.17) is 0 Å². The van der Waals surface area contributed by atoms with Gasteiger partial charge in [0.05, 0.1) is 0 Å². The third-order valence-electron chi connectivity index (χ3n) is 4.03. The van der Waals surface area contributed by atoms with Gasteiger partial charge in [-0.2, -0.15) is 0 Å². The Morgan fingerprint density at radius 2 is 1.67 bits per heavy atom. The summed E-state index contributed by atoms with van der Waals surface area (Å²) in [6, 6.07) is 17.7. The lowest BCUT2D eigenvalue weighted by atomic mass is 10.1. The molecule has 0 radical (unpaired) electrons. The fourth-order valence-electron chi connectivity index (χ4n) is 2.94. The zero-order valence-corrected chi connectivity index (χ0v) is 12.8. The molecule has 0 spiro atoms. The summed E-state index contributed by atoms with van der Waals surface area (Å²) >= 11 is 0. The lowest BCUT2D eigenvalue weighted by molar-refractivity contribution is -0.115. The quantitative estimate of drug-likeness (QED) is 0.576. The summed E-state index contributed by atoms with van der Waals surface area (Å²) in [4.78, 5) is 23.0. The molecule has 2 N–H and O–H groups in total. The van der Waals surface area contributed by atoms with Gasteiger partial charge in [-0.25, -0.2) is 4.79 Å². The highest BCUT2D eigenvalue weighted by molar-refractivity contribution is 6.14. The van der Waals surface area contributed by atoms with Gasteiger partial charge in [0, 0.05) is 29.2 Å². The molecule has 2 heterocycles. The van der Waals surface area contributed by atoms with Gasteiger partial charge in [-0.15, -0.1) is 0 Å². The molecule has 4 rings (SSSR count). The minimum atomic E-state index is -0.487. The van der Waals surface area contributed by atoms with Gasteiger partial charge in [-0.05, 0) is 17.7 Å². The molecule has 0 aliphatic carbocycles. The van der Waals surface area contributed by atoms with Gasteiger partial charge < -0.3 is 9.88 Å². The number of carbonyl (C=O) groups excluding carboxylic acids is 2. The van der Waals surface area contributed by atoms with E-state index in [1.807, 2.05) is 48.7 Å². The zero-order valence-electron chi connectivity index (χ0n) is 12.8. The zero-order chi connectivity index (χ0) is 16.5.